The molecule has 2 rings (SSSR count). The predicted octanol–water partition coefficient (Wildman–Crippen LogP) is 3.36. The summed E-state index contributed by atoms with van der Waals surface area (Å²) in [5.74, 6) is 0. The third-order valence-corrected chi connectivity index (χ3v) is 4.45. The summed E-state index contributed by atoms with van der Waals surface area (Å²) in [5, 5.41) is 14.2. The first kappa shape index (κ1) is 14.2. The normalized spacial score (nSPS) is 11.7. The number of hydrogen-bond donors (Lipinski definition) is 1. The second-order valence-electron chi connectivity index (χ2n) is 5.17. The summed E-state index contributed by atoms with van der Waals surface area (Å²) in [4.78, 5) is 0. The molecule has 0 radical (unpaired) electrons. The molecule has 0 saturated carbocycles. The molecule has 102 valence electrons. The minimum atomic E-state index is -0.0814. The van der Waals surface area contributed by atoms with E-state index in [4.69, 9.17) is 0 Å². The first-order chi connectivity index (χ1) is 9.14. The molecule has 1 heterocycles. The van der Waals surface area contributed by atoms with Crippen LogP contribution in [0.2, 0.25) is 0 Å². The van der Waals surface area contributed by atoms with Gasteiger partial charge in [-0.2, -0.15) is 0 Å². The second kappa shape index (κ2) is 6.26. The Morgan fingerprint density at radius 2 is 1.89 bits per heavy atom. The van der Waals surface area contributed by atoms with Crippen molar-refractivity contribution in [2.75, 3.05) is 6.54 Å². The minimum absolute atomic E-state index is 0.0814. The van der Waals surface area contributed by atoms with Gasteiger partial charge in [-0.25, -0.2) is 0 Å². The Hall–Kier alpha value is -1.26. The summed E-state index contributed by atoms with van der Waals surface area (Å²) in [6, 6.07) is 10.5. The van der Waals surface area contributed by atoms with E-state index in [1.54, 1.807) is 11.3 Å². The van der Waals surface area contributed by atoms with Gasteiger partial charge in [-0.15, -0.1) is 10.2 Å². The molecule has 4 heteroatoms. The largest absolute Gasteiger partial charge is 0.310 e. The molecule has 0 aliphatic heterocycles. The lowest BCUT2D eigenvalue weighted by Gasteiger charge is -2.21. The van der Waals surface area contributed by atoms with E-state index in [1.807, 2.05) is 6.07 Å². The summed E-state index contributed by atoms with van der Waals surface area (Å²) in [5.41, 5.74) is 1.20. The van der Waals surface area contributed by atoms with Crippen LogP contribution in [-0.4, -0.2) is 16.7 Å². The van der Waals surface area contributed by atoms with Gasteiger partial charge in [0.25, 0.3) is 0 Å². The SMILES string of the molecule is CCCNCc1nnc(C(C)(C)c2ccccc2)s1. The lowest BCUT2D eigenvalue weighted by Crippen LogP contribution is -2.18. The maximum Gasteiger partial charge on any atom is 0.131 e. The number of hydrogen-bond acceptors (Lipinski definition) is 4. The number of aromatic nitrogens is 2. The van der Waals surface area contributed by atoms with E-state index < -0.39 is 0 Å². The van der Waals surface area contributed by atoms with E-state index in [0.29, 0.717) is 0 Å². The molecule has 0 spiro atoms. The fourth-order valence-electron chi connectivity index (χ4n) is 1.93. The zero-order valence-electron chi connectivity index (χ0n) is 11.8. The van der Waals surface area contributed by atoms with Crippen LogP contribution in [0.15, 0.2) is 30.3 Å². The van der Waals surface area contributed by atoms with Gasteiger partial charge in [0.1, 0.15) is 10.0 Å². The average Bonchev–Trinajstić information content (AvgIpc) is 2.90. The maximum atomic E-state index is 4.37. The first-order valence-electron chi connectivity index (χ1n) is 6.73. The Morgan fingerprint density at radius 1 is 1.16 bits per heavy atom. The van der Waals surface area contributed by atoms with Crippen LogP contribution < -0.4 is 5.32 Å². The van der Waals surface area contributed by atoms with Crippen molar-refractivity contribution in [1.29, 1.82) is 0 Å². The van der Waals surface area contributed by atoms with Gasteiger partial charge < -0.3 is 5.32 Å². The van der Waals surface area contributed by atoms with Crippen molar-refractivity contribution in [3.63, 3.8) is 0 Å². The molecular formula is C15H21N3S. The molecule has 19 heavy (non-hydrogen) atoms. The van der Waals surface area contributed by atoms with Crippen LogP contribution in [0.25, 0.3) is 0 Å². The molecule has 0 unspecified atom stereocenters. The van der Waals surface area contributed by atoms with Gasteiger partial charge in [-0.1, -0.05) is 48.6 Å². The number of benzene rings is 1. The lowest BCUT2D eigenvalue weighted by atomic mass is 9.85. The topological polar surface area (TPSA) is 37.8 Å². The van der Waals surface area contributed by atoms with E-state index >= 15 is 0 Å². The molecule has 0 aliphatic carbocycles. The average molecular weight is 275 g/mol. The highest BCUT2D eigenvalue weighted by molar-refractivity contribution is 7.11. The van der Waals surface area contributed by atoms with Crippen LogP contribution in [0, 0.1) is 0 Å². The summed E-state index contributed by atoms with van der Waals surface area (Å²) in [7, 11) is 0. The van der Waals surface area contributed by atoms with E-state index in [-0.39, 0.29) is 5.41 Å². The number of nitrogens with one attached hydrogen (secondary N) is 1. The van der Waals surface area contributed by atoms with Gasteiger partial charge >= 0.3 is 0 Å². The highest BCUT2D eigenvalue weighted by atomic mass is 32.1. The smallest absolute Gasteiger partial charge is 0.131 e. The zero-order valence-corrected chi connectivity index (χ0v) is 12.6. The lowest BCUT2D eigenvalue weighted by molar-refractivity contribution is 0.622. The molecule has 0 amide bonds. The van der Waals surface area contributed by atoms with Crippen LogP contribution >= 0.6 is 11.3 Å². The molecule has 2 aromatic rings. The van der Waals surface area contributed by atoms with Crippen molar-refractivity contribution in [3.05, 3.63) is 45.9 Å². The molecule has 0 bridgehead atoms. The van der Waals surface area contributed by atoms with Gasteiger partial charge in [0.15, 0.2) is 0 Å². The van der Waals surface area contributed by atoms with Gasteiger partial charge in [0.2, 0.25) is 0 Å². The molecule has 1 aromatic carbocycles. The van der Waals surface area contributed by atoms with Gasteiger partial charge in [-0.3, -0.25) is 0 Å². The molecule has 1 N–H and O–H groups in total. The van der Waals surface area contributed by atoms with Gasteiger partial charge in [0, 0.05) is 12.0 Å². The molecule has 1 aromatic heterocycles. The van der Waals surface area contributed by atoms with Crippen molar-refractivity contribution in [2.45, 2.75) is 39.2 Å². The van der Waals surface area contributed by atoms with Crippen LogP contribution in [0.5, 0.6) is 0 Å². The summed E-state index contributed by atoms with van der Waals surface area (Å²) in [6.07, 6.45) is 1.14. The fourth-order valence-corrected chi connectivity index (χ4v) is 2.86. The van der Waals surface area contributed by atoms with Crippen molar-refractivity contribution in [3.8, 4) is 0 Å². The first-order valence-corrected chi connectivity index (χ1v) is 7.55. The number of nitrogens with zero attached hydrogens (tertiary/aromatic N) is 2. The third kappa shape index (κ3) is 3.39. The molecule has 0 atom stereocenters. The molecule has 3 nitrogen and oxygen atoms in total. The van der Waals surface area contributed by atoms with E-state index in [1.165, 1.54) is 5.56 Å². The van der Waals surface area contributed by atoms with Gasteiger partial charge in [-0.05, 0) is 32.4 Å². The fraction of sp³-hybridized carbons (Fsp3) is 0.467. The molecule has 0 aliphatic rings. The summed E-state index contributed by atoms with van der Waals surface area (Å²) in [6.45, 7) is 8.41. The zero-order chi connectivity index (χ0) is 13.7. The summed E-state index contributed by atoms with van der Waals surface area (Å²) >= 11 is 1.70. The minimum Gasteiger partial charge on any atom is -0.310 e. The van der Waals surface area contributed by atoms with Crippen LogP contribution in [0.1, 0.15) is 42.8 Å². The Labute approximate surface area is 119 Å². The Bertz CT molecular complexity index is 505. The monoisotopic (exact) mass is 275 g/mol. The standard InChI is InChI=1S/C15H21N3S/c1-4-10-16-11-13-17-18-14(19-13)15(2,3)12-8-6-5-7-9-12/h5-9,16H,4,10-11H2,1-3H3. The van der Waals surface area contributed by atoms with Crippen LogP contribution in [-0.2, 0) is 12.0 Å². The van der Waals surface area contributed by atoms with Crippen LogP contribution in [0.4, 0.5) is 0 Å². The molecule has 0 fully saturated rings. The van der Waals surface area contributed by atoms with Crippen molar-refractivity contribution in [2.24, 2.45) is 0 Å². The maximum absolute atomic E-state index is 4.37. The molecular weight excluding hydrogens is 254 g/mol. The van der Waals surface area contributed by atoms with E-state index in [9.17, 15) is 0 Å². The quantitative estimate of drug-likeness (QED) is 0.821. The molecule has 0 saturated heterocycles. The van der Waals surface area contributed by atoms with Crippen molar-refractivity contribution < 1.29 is 0 Å². The predicted molar refractivity (Wildman–Crippen MR) is 80.5 cm³/mol. The van der Waals surface area contributed by atoms with Gasteiger partial charge in [0.05, 0.1) is 0 Å². The van der Waals surface area contributed by atoms with E-state index in [0.717, 1.165) is 29.5 Å². The second-order valence-corrected chi connectivity index (χ2v) is 6.23. The Morgan fingerprint density at radius 3 is 2.58 bits per heavy atom. The van der Waals surface area contributed by atoms with E-state index in [2.05, 4.69) is 60.6 Å². The Kier molecular flexibility index (Phi) is 4.66. The highest BCUT2D eigenvalue weighted by Crippen LogP contribution is 2.33. The van der Waals surface area contributed by atoms with Crippen molar-refractivity contribution in [1.82, 2.24) is 15.5 Å². The Balaban J connectivity index is 2.13. The number of rotatable bonds is 6. The highest BCUT2D eigenvalue weighted by Gasteiger charge is 2.27. The third-order valence-electron chi connectivity index (χ3n) is 3.20. The van der Waals surface area contributed by atoms with Crippen LogP contribution in [0.3, 0.4) is 0 Å². The summed E-state index contributed by atoms with van der Waals surface area (Å²) < 4.78 is 0. The van der Waals surface area contributed by atoms with Crippen molar-refractivity contribution >= 4 is 11.3 Å².